The molecule has 0 aliphatic carbocycles. The zero-order valence-corrected chi connectivity index (χ0v) is 22.9. The van der Waals surface area contributed by atoms with E-state index in [1.165, 1.54) is 50.2 Å². The topological polar surface area (TPSA) is 26.3 Å². The van der Waals surface area contributed by atoms with Gasteiger partial charge in [0.2, 0.25) is 5.67 Å². The average molecular weight is 503 g/mol. The molecular weight excluding hydrogens is 459 g/mol. The van der Waals surface area contributed by atoms with Gasteiger partial charge in [-0.05, 0) is 72.6 Å². The lowest BCUT2D eigenvalue weighted by molar-refractivity contribution is -0.147. The molecule has 0 radical (unpaired) electrons. The van der Waals surface area contributed by atoms with E-state index in [4.69, 9.17) is 4.74 Å². The van der Waals surface area contributed by atoms with E-state index in [0.717, 1.165) is 42.4 Å². The van der Waals surface area contributed by atoms with Crippen molar-refractivity contribution >= 4 is 5.97 Å². The molecule has 0 fully saturated rings. The van der Waals surface area contributed by atoms with Crippen LogP contribution in [0, 0.1) is 0 Å². The Bertz CT molecular complexity index is 1080. The third-order valence-corrected chi connectivity index (χ3v) is 7.06. The zero-order chi connectivity index (χ0) is 26.5. The minimum atomic E-state index is -1.97. The van der Waals surface area contributed by atoms with Crippen LogP contribution in [-0.2, 0) is 11.2 Å². The van der Waals surface area contributed by atoms with E-state index in [9.17, 15) is 9.18 Å². The first kappa shape index (κ1) is 28.6. The van der Waals surface area contributed by atoms with Gasteiger partial charge >= 0.3 is 5.97 Å². The lowest BCUT2D eigenvalue weighted by Gasteiger charge is -2.18. The van der Waals surface area contributed by atoms with Crippen molar-refractivity contribution in [3.8, 4) is 28.0 Å². The Hall–Kier alpha value is -2.94. The highest BCUT2D eigenvalue weighted by molar-refractivity contribution is 5.84. The maximum atomic E-state index is 14.9. The Kier molecular flexibility index (Phi) is 11.4. The predicted octanol–water partition coefficient (Wildman–Crippen LogP) is 10.1. The summed E-state index contributed by atoms with van der Waals surface area (Å²) in [7, 11) is 0. The van der Waals surface area contributed by atoms with E-state index >= 15 is 0 Å². The summed E-state index contributed by atoms with van der Waals surface area (Å²) in [6, 6.07) is 24.6. The van der Waals surface area contributed by atoms with Crippen LogP contribution in [0.15, 0.2) is 72.8 Å². The molecule has 0 saturated carbocycles. The van der Waals surface area contributed by atoms with E-state index in [0.29, 0.717) is 12.2 Å². The largest absolute Gasteiger partial charge is 0.424 e. The molecule has 0 heterocycles. The van der Waals surface area contributed by atoms with Crippen LogP contribution in [0.5, 0.6) is 5.75 Å². The summed E-state index contributed by atoms with van der Waals surface area (Å²) < 4.78 is 20.2. The Morgan fingerprint density at radius 2 is 1.22 bits per heavy atom. The summed E-state index contributed by atoms with van der Waals surface area (Å²) >= 11 is 0. The van der Waals surface area contributed by atoms with Crippen molar-refractivity contribution in [1.82, 2.24) is 0 Å². The second-order valence-corrected chi connectivity index (χ2v) is 10.3. The quantitative estimate of drug-likeness (QED) is 0.117. The number of hydrogen-bond donors (Lipinski definition) is 0. The van der Waals surface area contributed by atoms with Gasteiger partial charge in [0.15, 0.2) is 0 Å². The normalized spacial score (nSPS) is 12.8. The highest BCUT2D eigenvalue weighted by atomic mass is 19.1. The molecule has 0 saturated heterocycles. The van der Waals surface area contributed by atoms with Crippen LogP contribution in [0.1, 0.15) is 90.5 Å². The van der Waals surface area contributed by atoms with Crippen molar-refractivity contribution in [2.45, 2.75) is 97.1 Å². The number of rotatable bonds is 15. The van der Waals surface area contributed by atoms with Crippen molar-refractivity contribution in [3.63, 3.8) is 0 Å². The Labute approximate surface area is 223 Å². The molecule has 3 aromatic rings. The summed E-state index contributed by atoms with van der Waals surface area (Å²) in [4.78, 5) is 12.4. The summed E-state index contributed by atoms with van der Waals surface area (Å²) in [5, 5.41) is 0. The molecule has 1 unspecified atom stereocenters. The molecule has 3 heteroatoms. The van der Waals surface area contributed by atoms with Crippen LogP contribution in [0.25, 0.3) is 22.3 Å². The number of carbonyl (C=O) groups excluding carboxylic acids is 1. The second kappa shape index (κ2) is 14.7. The fraction of sp³-hybridized carbons (Fsp3) is 0.441. The molecule has 3 aromatic carbocycles. The number of benzene rings is 3. The van der Waals surface area contributed by atoms with Crippen molar-refractivity contribution in [1.29, 1.82) is 0 Å². The van der Waals surface area contributed by atoms with Crippen molar-refractivity contribution < 1.29 is 13.9 Å². The predicted molar refractivity (Wildman–Crippen MR) is 154 cm³/mol. The Morgan fingerprint density at radius 3 is 1.78 bits per heavy atom. The first-order chi connectivity index (χ1) is 17.9. The lowest BCUT2D eigenvalue weighted by atomic mass is 9.93. The molecule has 2 nitrogen and oxygen atoms in total. The number of hydrogen-bond acceptors (Lipinski definition) is 2. The van der Waals surface area contributed by atoms with Gasteiger partial charge in [-0.2, -0.15) is 0 Å². The Morgan fingerprint density at radius 1 is 0.703 bits per heavy atom. The van der Waals surface area contributed by atoms with Gasteiger partial charge in [-0.25, -0.2) is 9.18 Å². The molecule has 1 atom stereocenters. The van der Waals surface area contributed by atoms with Gasteiger partial charge in [-0.3, -0.25) is 0 Å². The number of carbonyl (C=O) groups is 1. The van der Waals surface area contributed by atoms with Crippen LogP contribution >= 0.6 is 0 Å². The number of unbranched alkanes of at least 4 members (excludes halogenated alkanes) is 7. The van der Waals surface area contributed by atoms with Gasteiger partial charge in [-0.15, -0.1) is 0 Å². The third-order valence-electron chi connectivity index (χ3n) is 7.06. The van der Waals surface area contributed by atoms with Gasteiger partial charge in [-0.1, -0.05) is 119 Å². The van der Waals surface area contributed by atoms with Gasteiger partial charge in [0, 0.05) is 0 Å². The number of ether oxygens (including phenoxy) is 1. The van der Waals surface area contributed by atoms with Crippen LogP contribution in [0.4, 0.5) is 4.39 Å². The molecular formula is C34H43FO2. The number of esters is 1. The zero-order valence-electron chi connectivity index (χ0n) is 22.9. The van der Waals surface area contributed by atoms with Crippen molar-refractivity contribution in [2.75, 3.05) is 0 Å². The number of halogens is 1. The third kappa shape index (κ3) is 8.84. The van der Waals surface area contributed by atoms with Gasteiger partial charge in [0.25, 0.3) is 0 Å². The maximum Gasteiger partial charge on any atom is 0.348 e. The van der Waals surface area contributed by atoms with Gasteiger partial charge < -0.3 is 4.74 Å². The van der Waals surface area contributed by atoms with Gasteiger partial charge in [0.1, 0.15) is 5.75 Å². The van der Waals surface area contributed by atoms with Crippen molar-refractivity contribution in [3.05, 3.63) is 78.4 Å². The van der Waals surface area contributed by atoms with E-state index < -0.39 is 11.6 Å². The average Bonchev–Trinajstić information content (AvgIpc) is 2.92. The fourth-order valence-corrected chi connectivity index (χ4v) is 4.67. The van der Waals surface area contributed by atoms with E-state index in [2.05, 4.69) is 56.3 Å². The highest BCUT2D eigenvalue weighted by Gasteiger charge is 2.34. The SMILES string of the molecule is CCCCCCCc1ccc(-c2ccccc2-c2ccc(OC(=O)C(C)(F)CCCCCC)cc2)cc1. The summed E-state index contributed by atoms with van der Waals surface area (Å²) in [5.74, 6) is -0.449. The lowest BCUT2D eigenvalue weighted by Crippen LogP contribution is -2.34. The van der Waals surface area contributed by atoms with E-state index in [1.54, 1.807) is 12.1 Å². The molecule has 0 bridgehead atoms. The summed E-state index contributed by atoms with van der Waals surface area (Å²) in [6.07, 6.45) is 11.5. The monoisotopic (exact) mass is 502 g/mol. The summed E-state index contributed by atoms with van der Waals surface area (Å²) in [5.41, 5.74) is 3.88. The molecule has 198 valence electrons. The molecule has 0 aromatic heterocycles. The van der Waals surface area contributed by atoms with E-state index in [-0.39, 0.29) is 6.42 Å². The number of aryl methyl sites for hydroxylation is 1. The number of alkyl halides is 1. The second-order valence-electron chi connectivity index (χ2n) is 10.3. The van der Waals surface area contributed by atoms with Crippen LogP contribution in [0.3, 0.4) is 0 Å². The minimum Gasteiger partial charge on any atom is -0.424 e. The molecule has 0 aliphatic heterocycles. The van der Waals surface area contributed by atoms with Crippen LogP contribution < -0.4 is 4.74 Å². The molecule has 37 heavy (non-hydrogen) atoms. The van der Waals surface area contributed by atoms with Crippen LogP contribution in [-0.4, -0.2) is 11.6 Å². The minimum absolute atomic E-state index is 0.189. The first-order valence-corrected chi connectivity index (χ1v) is 14.1. The standard InChI is InChI=1S/C34H43FO2/c1-4-6-8-10-11-15-27-18-20-28(21-19-27)31-16-12-13-17-32(31)29-22-24-30(25-23-29)37-33(36)34(3,35)26-14-9-7-5-2/h12-13,16-25H,4-11,14-15,26H2,1-3H3. The molecule has 0 spiro atoms. The van der Waals surface area contributed by atoms with Crippen molar-refractivity contribution in [2.24, 2.45) is 0 Å². The molecule has 0 amide bonds. The van der Waals surface area contributed by atoms with Crippen LogP contribution in [0.2, 0.25) is 0 Å². The van der Waals surface area contributed by atoms with Gasteiger partial charge in [0.05, 0.1) is 0 Å². The highest BCUT2D eigenvalue weighted by Crippen LogP contribution is 2.33. The first-order valence-electron chi connectivity index (χ1n) is 14.1. The summed E-state index contributed by atoms with van der Waals surface area (Å²) in [6.45, 7) is 5.68. The molecule has 3 rings (SSSR count). The Balaban J connectivity index is 1.65. The maximum absolute atomic E-state index is 14.9. The molecule has 0 N–H and O–H groups in total. The smallest absolute Gasteiger partial charge is 0.348 e. The van der Waals surface area contributed by atoms with E-state index in [1.807, 2.05) is 18.2 Å². The molecule has 0 aliphatic rings. The fourth-order valence-electron chi connectivity index (χ4n) is 4.67.